The molecule has 0 saturated heterocycles. The molecule has 0 amide bonds. The molecule has 2 aromatic heterocycles. The minimum atomic E-state index is 0.495. The van der Waals surface area contributed by atoms with Crippen molar-refractivity contribution >= 4 is 5.82 Å². The molecule has 3 rings (SSSR count). The maximum Gasteiger partial charge on any atom is 0.257 e. The van der Waals surface area contributed by atoms with Crippen LogP contribution in [0.2, 0.25) is 0 Å². The maximum absolute atomic E-state index is 5.45. The Labute approximate surface area is 140 Å². The van der Waals surface area contributed by atoms with Crippen LogP contribution in [0, 0.1) is 0 Å². The van der Waals surface area contributed by atoms with Crippen molar-refractivity contribution < 1.29 is 9.47 Å². The monoisotopic (exact) mass is 325 g/mol. The zero-order valence-electron chi connectivity index (χ0n) is 13.6. The minimum Gasteiger partial charge on any atom is -0.497 e. The molecule has 7 nitrogen and oxygen atoms in total. The van der Waals surface area contributed by atoms with E-state index in [0.29, 0.717) is 24.8 Å². The number of methoxy groups -OCH3 is 1. The first-order chi connectivity index (χ1) is 11.8. The SMILES string of the molecule is CCOc1nccnc1NCc1ccn(-c2ccc(OC)cc2)n1. The number of hydrogen-bond donors (Lipinski definition) is 1. The highest BCUT2D eigenvalue weighted by atomic mass is 16.5. The summed E-state index contributed by atoms with van der Waals surface area (Å²) in [5.74, 6) is 1.92. The minimum absolute atomic E-state index is 0.495. The zero-order valence-corrected chi connectivity index (χ0v) is 13.6. The van der Waals surface area contributed by atoms with E-state index in [1.54, 1.807) is 19.5 Å². The Bertz CT molecular complexity index is 786. The molecule has 0 atom stereocenters. The summed E-state index contributed by atoms with van der Waals surface area (Å²) < 4.78 is 12.4. The summed E-state index contributed by atoms with van der Waals surface area (Å²) in [6.45, 7) is 2.98. The first-order valence-electron chi connectivity index (χ1n) is 7.67. The van der Waals surface area contributed by atoms with Gasteiger partial charge in [0.25, 0.3) is 5.88 Å². The van der Waals surface area contributed by atoms with Gasteiger partial charge in [0.05, 0.1) is 31.6 Å². The van der Waals surface area contributed by atoms with Gasteiger partial charge in [0, 0.05) is 18.6 Å². The van der Waals surface area contributed by atoms with Crippen molar-refractivity contribution in [1.82, 2.24) is 19.7 Å². The second-order valence-electron chi connectivity index (χ2n) is 4.95. The molecule has 0 saturated carbocycles. The van der Waals surface area contributed by atoms with Crippen LogP contribution in [0.15, 0.2) is 48.9 Å². The molecule has 24 heavy (non-hydrogen) atoms. The van der Waals surface area contributed by atoms with E-state index in [4.69, 9.17) is 9.47 Å². The molecule has 0 fully saturated rings. The summed E-state index contributed by atoms with van der Waals surface area (Å²) >= 11 is 0. The van der Waals surface area contributed by atoms with Crippen molar-refractivity contribution in [1.29, 1.82) is 0 Å². The lowest BCUT2D eigenvalue weighted by Gasteiger charge is -2.08. The zero-order chi connectivity index (χ0) is 16.8. The lowest BCUT2D eigenvalue weighted by molar-refractivity contribution is 0.327. The second-order valence-corrected chi connectivity index (χ2v) is 4.95. The number of hydrogen-bond acceptors (Lipinski definition) is 6. The number of rotatable bonds is 7. The number of nitrogens with zero attached hydrogens (tertiary/aromatic N) is 4. The number of anilines is 1. The van der Waals surface area contributed by atoms with Gasteiger partial charge in [-0.15, -0.1) is 0 Å². The number of nitrogens with one attached hydrogen (secondary N) is 1. The lowest BCUT2D eigenvalue weighted by Crippen LogP contribution is -2.06. The third-order valence-electron chi connectivity index (χ3n) is 3.36. The van der Waals surface area contributed by atoms with Crippen LogP contribution in [0.4, 0.5) is 5.82 Å². The normalized spacial score (nSPS) is 10.4. The van der Waals surface area contributed by atoms with Crippen LogP contribution in [-0.4, -0.2) is 33.5 Å². The predicted molar refractivity (Wildman–Crippen MR) is 90.6 cm³/mol. The van der Waals surface area contributed by atoms with Gasteiger partial charge in [-0.05, 0) is 37.3 Å². The van der Waals surface area contributed by atoms with Crippen molar-refractivity contribution in [3.8, 4) is 17.3 Å². The van der Waals surface area contributed by atoms with Gasteiger partial charge in [-0.25, -0.2) is 14.6 Å². The van der Waals surface area contributed by atoms with Crippen molar-refractivity contribution in [2.45, 2.75) is 13.5 Å². The van der Waals surface area contributed by atoms with E-state index in [1.165, 1.54) is 0 Å². The molecule has 7 heteroatoms. The quantitative estimate of drug-likeness (QED) is 0.720. The van der Waals surface area contributed by atoms with Gasteiger partial charge in [0.15, 0.2) is 5.82 Å². The second kappa shape index (κ2) is 7.45. The molecule has 124 valence electrons. The van der Waals surface area contributed by atoms with Crippen LogP contribution in [0.3, 0.4) is 0 Å². The summed E-state index contributed by atoms with van der Waals surface area (Å²) in [5.41, 5.74) is 1.86. The van der Waals surface area contributed by atoms with Crippen LogP contribution < -0.4 is 14.8 Å². The molecule has 0 radical (unpaired) electrons. The Morgan fingerprint density at radius 1 is 1.08 bits per heavy atom. The largest absolute Gasteiger partial charge is 0.497 e. The third kappa shape index (κ3) is 3.62. The molecule has 0 bridgehead atoms. The third-order valence-corrected chi connectivity index (χ3v) is 3.36. The fraction of sp³-hybridized carbons (Fsp3) is 0.235. The van der Waals surface area contributed by atoms with E-state index in [2.05, 4.69) is 20.4 Å². The summed E-state index contributed by atoms with van der Waals surface area (Å²) in [4.78, 5) is 8.41. The summed E-state index contributed by atoms with van der Waals surface area (Å²) in [5, 5.41) is 7.75. The predicted octanol–water partition coefficient (Wildman–Crippen LogP) is 2.68. The van der Waals surface area contributed by atoms with Gasteiger partial charge in [-0.2, -0.15) is 5.10 Å². The molecule has 3 aromatic rings. The topological polar surface area (TPSA) is 74.1 Å². The molecule has 1 N–H and O–H groups in total. The smallest absolute Gasteiger partial charge is 0.257 e. The Balaban J connectivity index is 1.68. The molecule has 0 aliphatic heterocycles. The number of aromatic nitrogens is 4. The van der Waals surface area contributed by atoms with Crippen LogP contribution >= 0.6 is 0 Å². The van der Waals surface area contributed by atoms with E-state index in [-0.39, 0.29) is 0 Å². The van der Waals surface area contributed by atoms with Gasteiger partial charge in [0.1, 0.15) is 5.75 Å². The fourth-order valence-electron chi connectivity index (χ4n) is 2.20. The Morgan fingerprint density at radius 2 is 1.88 bits per heavy atom. The van der Waals surface area contributed by atoms with Gasteiger partial charge in [0.2, 0.25) is 0 Å². The number of benzene rings is 1. The van der Waals surface area contributed by atoms with Gasteiger partial charge in [-0.3, -0.25) is 0 Å². The molecule has 0 spiro atoms. The van der Waals surface area contributed by atoms with Crippen LogP contribution in [0.1, 0.15) is 12.6 Å². The first-order valence-corrected chi connectivity index (χ1v) is 7.67. The molecule has 0 aliphatic rings. The van der Waals surface area contributed by atoms with E-state index in [9.17, 15) is 0 Å². The summed E-state index contributed by atoms with van der Waals surface area (Å²) in [6.07, 6.45) is 5.15. The Kier molecular flexibility index (Phi) is 4.90. The van der Waals surface area contributed by atoms with Crippen molar-refractivity contribution in [3.63, 3.8) is 0 Å². The molecule has 2 heterocycles. The summed E-state index contributed by atoms with van der Waals surface area (Å²) in [6, 6.07) is 9.68. The maximum atomic E-state index is 5.45. The number of ether oxygens (including phenoxy) is 2. The van der Waals surface area contributed by atoms with Crippen LogP contribution in [0.5, 0.6) is 11.6 Å². The Morgan fingerprint density at radius 3 is 2.62 bits per heavy atom. The molecule has 0 unspecified atom stereocenters. The Hall–Kier alpha value is -3.09. The van der Waals surface area contributed by atoms with Gasteiger partial charge in [-0.1, -0.05) is 0 Å². The average Bonchev–Trinajstić information content (AvgIpc) is 3.10. The van der Waals surface area contributed by atoms with Crippen molar-refractivity contribution in [3.05, 3.63) is 54.6 Å². The highest BCUT2D eigenvalue weighted by Gasteiger charge is 2.07. The molecule has 1 aromatic carbocycles. The van der Waals surface area contributed by atoms with E-state index < -0.39 is 0 Å². The molecule has 0 aliphatic carbocycles. The van der Waals surface area contributed by atoms with Crippen LogP contribution in [0.25, 0.3) is 5.69 Å². The van der Waals surface area contributed by atoms with E-state index in [0.717, 1.165) is 17.1 Å². The van der Waals surface area contributed by atoms with Crippen molar-refractivity contribution in [2.75, 3.05) is 19.0 Å². The molecular weight excluding hydrogens is 306 g/mol. The lowest BCUT2D eigenvalue weighted by atomic mass is 10.3. The van der Waals surface area contributed by atoms with Crippen molar-refractivity contribution in [2.24, 2.45) is 0 Å². The van der Waals surface area contributed by atoms with Gasteiger partial charge < -0.3 is 14.8 Å². The average molecular weight is 325 g/mol. The van der Waals surface area contributed by atoms with Crippen LogP contribution in [-0.2, 0) is 6.54 Å². The highest BCUT2D eigenvalue weighted by Crippen LogP contribution is 2.18. The van der Waals surface area contributed by atoms with Gasteiger partial charge >= 0.3 is 0 Å². The van der Waals surface area contributed by atoms with E-state index in [1.807, 2.05) is 48.1 Å². The van der Waals surface area contributed by atoms with E-state index >= 15 is 0 Å². The molecular formula is C17H19N5O2. The highest BCUT2D eigenvalue weighted by molar-refractivity contribution is 5.45. The standard InChI is InChI=1S/C17H19N5O2/c1-3-24-17-16(18-9-10-19-17)20-12-13-8-11-22(21-13)14-4-6-15(23-2)7-5-14/h4-11H,3,12H2,1-2H3,(H,18,20). The fourth-order valence-corrected chi connectivity index (χ4v) is 2.20. The summed E-state index contributed by atoms with van der Waals surface area (Å²) in [7, 11) is 1.65. The first kappa shape index (κ1) is 15.8.